The highest BCUT2D eigenvalue weighted by Gasteiger charge is 2.29. The normalized spacial score (nSPS) is 19.2. The molecule has 0 amide bonds. The molecule has 1 aromatic carbocycles. The van der Waals surface area contributed by atoms with E-state index in [9.17, 15) is 13.2 Å². The van der Waals surface area contributed by atoms with E-state index in [-0.39, 0.29) is 24.1 Å². The number of carbonyl (C=O) groups excluding carboxylic acids is 1. The highest BCUT2D eigenvalue weighted by molar-refractivity contribution is 7.89. The lowest BCUT2D eigenvalue weighted by atomic mass is 9.90. The van der Waals surface area contributed by atoms with E-state index in [4.69, 9.17) is 4.74 Å². The van der Waals surface area contributed by atoms with Crippen LogP contribution < -0.4 is 0 Å². The summed E-state index contributed by atoms with van der Waals surface area (Å²) in [4.78, 5) is 11.4. The molecule has 5 nitrogen and oxygen atoms in total. The molecular formula is C18H27NO4S. The van der Waals surface area contributed by atoms with E-state index >= 15 is 0 Å². The average Bonchev–Trinajstić information content (AvgIpc) is 2.60. The molecule has 1 atom stereocenters. The molecule has 2 rings (SSSR count). The van der Waals surface area contributed by atoms with Gasteiger partial charge in [-0.05, 0) is 36.3 Å². The molecule has 1 aliphatic rings. The number of carbonyl (C=O) groups is 1. The number of benzene rings is 1. The van der Waals surface area contributed by atoms with Gasteiger partial charge in [0.2, 0.25) is 10.0 Å². The molecule has 0 bridgehead atoms. The Labute approximate surface area is 145 Å². The summed E-state index contributed by atoms with van der Waals surface area (Å²) < 4.78 is 31.2. The van der Waals surface area contributed by atoms with Gasteiger partial charge in [0.15, 0.2) is 0 Å². The standard InChI is InChI=1S/C18H27NO4S/c1-3-4-11-24(21,22)19-10-6-9-17(14-19)16-8-5-7-15(12-16)13-18(20)23-2/h5,7-8,12,17H,3-4,6,9-11,13-14H2,1-2H3. The lowest BCUT2D eigenvalue weighted by Gasteiger charge is -2.32. The predicted octanol–water partition coefficient (Wildman–Crippen LogP) is 2.71. The predicted molar refractivity (Wildman–Crippen MR) is 94.4 cm³/mol. The Morgan fingerprint density at radius 1 is 1.38 bits per heavy atom. The van der Waals surface area contributed by atoms with Crippen LogP contribution in [0.25, 0.3) is 0 Å². The van der Waals surface area contributed by atoms with Gasteiger partial charge in [0.1, 0.15) is 0 Å². The number of hydrogen-bond donors (Lipinski definition) is 0. The minimum absolute atomic E-state index is 0.188. The maximum absolute atomic E-state index is 12.4. The van der Waals surface area contributed by atoms with Gasteiger partial charge < -0.3 is 4.74 Å². The van der Waals surface area contributed by atoms with Gasteiger partial charge in [0, 0.05) is 13.1 Å². The Morgan fingerprint density at radius 3 is 2.88 bits per heavy atom. The lowest BCUT2D eigenvalue weighted by molar-refractivity contribution is -0.139. The van der Waals surface area contributed by atoms with E-state index in [1.807, 2.05) is 31.2 Å². The summed E-state index contributed by atoms with van der Waals surface area (Å²) in [5.74, 6) is 0.158. The van der Waals surface area contributed by atoms with Crippen molar-refractivity contribution in [3.8, 4) is 0 Å². The Morgan fingerprint density at radius 2 is 2.17 bits per heavy atom. The first kappa shape index (κ1) is 18.9. The number of ether oxygens (including phenoxy) is 1. The summed E-state index contributed by atoms with van der Waals surface area (Å²) in [5.41, 5.74) is 2.01. The molecule has 1 aromatic rings. The van der Waals surface area contributed by atoms with Crippen LogP contribution in [0.15, 0.2) is 24.3 Å². The second-order valence-corrected chi connectivity index (χ2v) is 8.45. The minimum atomic E-state index is -3.16. The molecule has 0 radical (unpaired) electrons. The number of esters is 1. The highest BCUT2D eigenvalue weighted by atomic mass is 32.2. The van der Waals surface area contributed by atoms with Crippen LogP contribution in [0.5, 0.6) is 0 Å². The topological polar surface area (TPSA) is 63.7 Å². The van der Waals surface area contributed by atoms with Crippen molar-refractivity contribution in [2.45, 2.75) is 44.9 Å². The first-order valence-electron chi connectivity index (χ1n) is 8.59. The van der Waals surface area contributed by atoms with E-state index in [2.05, 4.69) is 0 Å². The second-order valence-electron chi connectivity index (χ2n) is 6.36. The van der Waals surface area contributed by atoms with Crippen molar-refractivity contribution in [1.29, 1.82) is 0 Å². The number of rotatable bonds is 7. The van der Waals surface area contributed by atoms with Crippen LogP contribution in [-0.4, -0.2) is 44.6 Å². The van der Waals surface area contributed by atoms with Gasteiger partial charge in [-0.2, -0.15) is 0 Å². The number of hydrogen-bond acceptors (Lipinski definition) is 4. The number of nitrogens with zero attached hydrogens (tertiary/aromatic N) is 1. The van der Waals surface area contributed by atoms with Gasteiger partial charge >= 0.3 is 5.97 Å². The Kier molecular flexibility index (Phi) is 6.80. The molecule has 6 heteroatoms. The van der Waals surface area contributed by atoms with Gasteiger partial charge in [-0.3, -0.25) is 4.79 Å². The summed E-state index contributed by atoms with van der Waals surface area (Å²) in [6.45, 7) is 3.15. The minimum Gasteiger partial charge on any atom is -0.469 e. The molecule has 134 valence electrons. The molecule has 0 N–H and O–H groups in total. The van der Waals surface area contributed by atoms with Crippen molar-refractivity contribution < 1.29 is 17.9 Å². The first-order valence-corrected chi connectivity index (χ1v) is 10.2. The van der Waals surface area contributed by atoms with Crippen molar-refractivity contribution in [3.05, 3.63) is 35.4 Å². The van der Waals surface area contributed by atoms with E-state index < -0.39 is 10.0 Å². The molecule has 0 aliphatic carbocycles. The molecule has 1 fully saturated rings. The van der Waals surface area contributed by atoms with Gasteiger partial charge in [-0.15, -0.1) is 0 Å². The Hall–Kier alpha value is -1.40. The van der Waals surface area contributed by atoms with E-state index in [1.165, 1.54) is 7.11 Å². The molecule has 0 aromatic heterocycles. The molecule has 1 aliphatic heterocycles. The summed E-state index contributed by atoms with van der Waals surface area (Å²) in [6.07, 6.45) is 3.68. The Bertz CT molecular complexity index is 657. The first-order chi connectivity index (χ1) is 11.5. The zero-order chi connectivity index (χ0) is 17.6. The lowest BCUT2D eigenvalue weighted by Crippen LogP contribution is -2.40. The summed E-state index contributed by atoms with van der Waals surface area (Å²) in [6, 6.07) is 7.86. The van der Waals surface area contributed by atoms with Gasteiger partial charge in [-0.1, -0.05) is 37.6 Å². The fourth-order valence-corrected chi connectivity index (χ4v) is 4.84. The van der Waals surface area contributed by atoms with Crippen LogP contribution in [0, 0.1) is 0 Å². The second kappa shape index (κ2) is 8.62. The third kappa shape index (κ3) is 5.05. The zero-order valence-electron chi connectivity index (χ0n) is 14.5. The van der Waals surface area contributed by atoms with Crippen LogP contribution in [0.3, 0.4) is 0 Å². The van der Waals surface area contributed by atoms with Gasteiger partial charge in [0.25, 0.3) is 0 Å². The Balaban J connectivity index is 2.09. The molecular weight excluding hydrogens is 326 g/mol. The summed E-state index contributed by atoms with van der Waals surface area (Å²) in [5, 5.41) is 0. The monoisotopic (exact) mass is 353 g/mol. The molecule has 24 heavy (non-hydrogen) atoms. The average molecular weight is 353 g/mol. The fourth-order valence-electron chi connectivity index (χ4n) is 3.12. The van der Waals surface area contributed by atoms with Gasteiger partial charge in [-0.25, -0.2) is 12.7 Å². The fraction of sp³-hybridized carbons (Fsp3) is 0.611. The molecule has 1 saturated heterocycles. The van der Waals surface area contributed by atoms with E-state index in [0.717, 1.165) is 30.4 Å². The van der Waals surface area contributed by atoms with Crippen molar-refractivity contribution in [1.82, 2.24) is 4.31 Å². The number of methoxy groups -OCH3 is 1. The van der Waals surface area contributed by atoms with Crippen molar-refractivity contribution >= 4 is 16.0 Å². The largest absolute Gasteiger partial charge is 0.469 e. The molecule has 0 saturated carbocycles. The molecule has 1 heterocycles. The van der Waals surface area contributed by atoms with Crippen LogP contribution in [0.4, 0.5) is 0 Å². The van der Waals surface area contributed by atoms with Crippen LogP contribution >= 0.6 is 0 Å². The van der Waals surface area contributed by atoms with Crippen LogP contribution in [0.2, 0.25) is 0 Å². The van der Waals surface area contributed by atoms with E-state index in [1.54, 1.807) is 4.31 Å². The van der Waals surface area contributed by atoms with E-state index in [0.29, 0.717) is 19.5 Å². The maximum atomic E-state index is 12.4. The van der Waals surface area contributed by atoms with Crippen LogP contribution in [0.1, 0.15) is 49.7 Å². The smallest absolute Gasteiger partial charge is 0.309 e. The highest BCUT2D eigenvalue weighted by Crippen LogP contribution is 2.29. The third-order valence-electron chi connectivity index (χ3n) is 4.53. The SMILES string of the molecule is CCCCS(=O)(=O)N1CCCC(c2cccc(CC(=O)OC)c2)C1. The number of sulfonamides is 1. The van der Waals surface area contributed by atoms with Crippen molar-refractivity contribution in [3.63, 3.8) is 0 Å². The maximum Gasteiger partial charge on any atom is 0.309 e. The van der Waals surface area contributed by atoms with Crippen molar-refractivity contribution in [2.24, 2.45) is 0 Å². The van der Waals surface area contributed by atoms with Crippen LogP contribution in [-0.2, 0) is 26.0 Å². The summed E-state index contributed by atoms with van der Waals surface area (Å²) in [7, 11) is -1.78. The number of piperidine rings is 1. The van der Waals surface area contributed by atoms with Crippen molar-refractivity contribution in [2.75, 3.05) is 26.0 Å². The molecule has 1 unspecified atom stereocenters. The zero-order valence-corrected chi connectivity index (χ0v) is 15.3. The van der Waals surface area contributed by atoms with Gasteiger partial charge in [0.05, 0.1) is 19.3 Å². The number of unbranched alkanes of at least 4 members (excludes halogenated alkanes) is 1. The molecule has 0 spiro atoms. The third-order valence-corrected chi connectivity index (χ3v) is 6.45. The quantitative estimate of drug-likeness (QED) is 0.707. The summed E-state index contributed by atoms with van der Waals surface area (Å²) >= 11 is 0.